The van der Waals surface area contributed by atoms with Crippen LogP contribution in [0.2, 0.25) is 0 Å². The van der Waals surface area contributed by atoms with Crippen LogP contribution in [-0.4, -0.2) is 58.0 Å². The van der Waals surface area contributed by atoms with Crippen LogP contribution in [0.5, 0.6) is 11.5 Å². The SMILES string of the molecule is COc1ccc(C2CN(C(=O)c3ccc(N(C)C)c4ccccc34)C3=NCCC32)cc1OC. The summed E-state index contributed by atoms with van der Waals surface area (Å²) in [5, 5.41) is 2.05. The van der Waals surface area contributed by atoms with Crippen LogP contribution in [0.15, 0.2) is 59.6 Å². The van der Waals surface area contributed by atoms with Gasteiger partial charge in [-0.15, -0.1) is 0 Å². The molecule has 1 fully saturated rings. The number of amidine groups is 1. The van der Waals surface area contributed by atoms with E-state index in [1.165, 1.54) is 0 Å². The number of aliphatic imine (C=N–C) groups is 1. The molecule has 2 aliphatic heterocycles. The lowest BCUT2D eigenvalue weighted by Crippen LogP contribution is -2.33. The molecule has 0 bridgehead atoms. The van der Waals surface area contributed by atoms with E-state index in [4.69, 9.17) is 14.5 Å². The highest BCUT2D eigenvalue weighted by Gasteiger charge is 2.44. The summed E-state index contributed by atoms with van der Waals surface area (Å²) in [5.41, 5.74) is 2.97. The summed E-state index contributed by atoms with van der Waals surface area (Å²) in [6, 6.07) is 18.2. The molecule has 1 saturated heterocycles. The van der Waals surface area contributed by atoms with Crippen molar-refractivity contribution < 1.29 is 14.3 Å². The maximum atomic E-state index is 13.9. The number of hydrogen-bond acceptors (Lipinski definition) is 5. The van der Waals surface area contributed by atoms with Crippen LogP contribution in [0.25, 0.3) is 10.8 Å². The van der Waals surface area contributed by atoms with E-state index in [1.54, 1.807) is 14.2 Å². The van der Waals surface area contributed by atoms with Gasteiger partial charge < -0.3 is 14.4 Å². The van der Waals surface area contributed by atoms with E-state index < -0.39 is 0 Å². The van der Waals surface area contributed by atoms with E-state index in [1.807, 2.05) is 61.5 Å². The van der Waals surface area contributed by atoms with Gasteiger partial charge in [0.1, 0.15) is 5.84 Å². The Hall–Kier alpha value is -3.54. The van der Waals surface area contributed by atoms with Crippen LogP contribution in [0.1, 0.15) is 28.3 Å². The van der Waals surface area contributed by atoms with Gasteiger partial charge in [-0.05, 0) is 41.6 Å². The van der Waals surface area contributed by atoms with Crippen LogP contribution in [0, 0.1) is 5.92 Å². The summed E-state index contributed by atoms with van der Waals surface area (Å²) in [6.45, 7) is 1.37. The fraction of sp³-hybridized carbons (Fsp3) is 0.333. The highest BCUT2D eigenvalue weighted by Crippen LogP contribution is 2.42. The Labute approximate surface area is 194 Å². The summed E-state index contributed by atoms with van der Waals surface area (Å²) in [4.78, 5) is 22.6. The summed E-state index contributed by atoms with van der Waals surface area (Å²) >= 11 is 0. The summed E-state index contributed by atoms with van der Waals surface area (Å²) in [6.07, 6.45) is 0.957. The molecule has 1 amide bonds. The number of hydrogen-bond donors (Lipinski definition) is 0. The number of methoxy groups -OCH3 is 2. The molecule has 33 heavy (non-hydrogen) atoms. The molecule has 0 saturated carbocycles. The first-order chi connectivity index (χ1) is 16.0. The quantitative estimate of drug-likeness (QED) is 0.579. The minimum Gasteiger partial charge on any atom is -0.493 e. The summed E-state index contributed by atoms with van der Waals surface area (Å²) in [5.74, 6) is 2.77. The summed E-state index contributed by atoms with van der Waals surface area (Å²) in [7, 11) is 7.34. The Balaban J connectivity index is 1.52. The fourth-order valence-corrected chi connectivity index (χ4v) is 5.26. The van der Waals surface area contributed by atoms with Gasteiger partial charge in [0.25, 0.3) is 5.91 Å². The zero-order chi connectivity index (χ0) is 23.1. The highest BCUT2D eigenvalue weighted by molar-refractivity contribution is 6.16. The van der Waals surface area contributed by atoms with Crippen molar-refractivity contribution in [3.63, 3.8) is 0 Å². The van der Waals surface area contributed by atoms with Crippen LogP contribution in [-0.2, 0) is 0 Å². The van der Waals surface area contributed by atoms with E-state index in [-0.39, 0.29) is 17.7 Å². The molecule has 0 aliphatic carbocycles. The molecule has 0 N–H and O–H groups in total. The van der Waals surface area contributed by atoms with Crippen molar-refractivity contribution in [3.05, 3.63) is 65.7 Å². The first kappa shape index (κ1) is 21.3. The number of ether oxygens (including phenoxy) is 2. The van der Waals surface area contributed by atoms with Gasteiger partial charge in [-0.25, -0.2) is 0 Å². The van der Waals surface area contributed by atoms with E-state index in [0.29, 0.717) is 18.0 Å². The second-order valence-electron chi connectivity index (χ2n) is 8.84. The second kappa shape index (κ2) is 8.43. The Kier molecular flexibility index (Phi) is 5.44. The average Bonchev–Trinajstić information content (AvgIpc) is 3.45. The van der Waals surface area contributed by atoms with Gasteiger partial charge in [0.2, 0.25) is 0 Å². The number of fused-ring (bicyclic) bond motifs is 2. The van der Waals surface area contributed by atoms with E-state index >= 15 is 0 Å². The van der Waals surface area contributed by atoms with E-state index in [2.05, 4.69) is 17.0 Å². The van der Waals surface area contributed by atoms with Gasteiger partial charge in [0.15, 0.2) is 11.5 Å². The predicted octanol–water partition coefficient (Wildman–Crippen LogP) is 4.58. The Morgan fingerprint density at radius 3 is 2.45 bits per heavy atom. The molecule has 6 nitrogen and oxygen atoms in total. The molecule has 3 aromatic rings. The van der Waals surface area contributed by atoms with Crippen LogP contribution < -0.4 is 14.4 Å². The van der Waals surface area contributed by atoms with Gasteiger partial charge in [-0.1, -0.05) is 30.3 Å². The minimum absolute atomic E-state index is 0.0186. The highest BCUT2D eigenvalue weighted by atomic mass is 16.5. The Bertz CT molecular complexity index is 1250. The Morgan fingerprint density at radius 1 is 0.970 bits per heavy atom. The molecule has 2 heterocycles. The smallest absolute Gasteiger partial charge is 0.259 e. The lowest BCUT2D eigenvalue weighted by molar-refractivity contribution is 0.0856. The molecule has 2 atom stereocenters. The van der Waals surface area contributed by atoms with Gasteiger partial charge in [-0.2, -0.15) is 0 Å². The van der Waals surface area contributed by atoms with Crippen LogP contribution in [0.3, 0.4) is 0 Å². The molecule has 2 unspecified atom stereocenters. The monoisotopic (exact) mass is 443 g/mol. The topological polar surface area (TPSA) is 54.4 Å². The number of benzene rings is 3. The van der Waals surface area contributed by atoms with Gasteiger partial charge >= 0.3 is 0 Å². The first-order valence-electron chi connectivity index (χ1n) is 11.3. The first-order valence-corrected chi connectivity index (χ1v) is 11.3. The molecule has 170 valence electrons. The van der Waals surface area contributed by atoms with Gasteiger partial charge in [0, 0.05) is 55.7 Å². The third-order valence-electron chi connectivity index (χ3n) is 6.88. The Morgan fingerprint density at radius 2 is 1.73 bits per heavy atom. The lowest BCUT2D eigenvalue weighted by Gasteiger charge is -2.21. The maximum absolute atomic E-state index is 13.9. The molecule has 5 rings (SSSR count). The van der Waals surface area contributed by atoms with Crippen molar-refractivity contribution in [2.45, 2.75) is 12.3 Å². The standard InChI is InChI=1S/C27H29N3O3/c1-29(2)23-11-10-21(18-7-5-6-8-19(18)23)27(31)30-16-22(20-13-14-28-26(20)30)17-9-12-24(32-3)25(15-17)33-4/h5-12,15,20,22H,13-14,16H2,1-4H3. The maximum Gasteiger partial charge on any atom is 0.259 e. The normalized spacial score (nSPS) is 19.4. The average molecular weight is 444 g/mol. The molecular formula is C27H29N3O3. The zero-order valence-corrected chi connectivity index (χ0v) is 19.5. The van der Waals surface area contributed by atoms with Crippen molar-refractivity contribution in [2.24, 2.45) is 10.9 Å². The number of carbonyl (C=O) groups is 1. The number of anilines is 1. The lowest BCUT2D eigenvalue weighted by atomic mass is 9.87. The van der Waals surface area contributed by atoms with Crippen molar-refractivity contribution in [1.82, 2.24) is 4.90 Å². The number of nitrogens with zero attached hydrogens (tertiary/aromatic N) is 3. The molecule has 3 aromatic carbocycles. The van der Waals surface area contributed by atoms with Gasteiger partial charge in [0.05, 0.1) is 14.2 Å². The summed E-state index contributed by atoms with van der Waals surface area (Å²) < 4.78 is 10.9. The number of likely N-dealkylation sites (tertiary alicyclic amines) is 1. The van der Waals surface area contributed by atoms with Crippen molar-refractivity contribution in [2.75, 3.05) is 46.3 Å². The number of amides is 1. The van der Waals surface area contributed by atoms with Gasteiger partial charge in [-0.3, -0.25) is 14.7 Å². The molecule has 0 aromatic heterocycles. The third-order valence-corrected chi connectivity index (χ3v) is 6.88. The van der Waals surface area contributed by atoms with Crippen molar-refractivity contribution in [3.8, 4) is 11.5 Å². The largest absolute Gasteiger partial charge is 0.493 e. The van der Waals surface area contributed by atoms with Crippen molar-refractivity contribution in [1.29, 1.82) is 0 Å². The minimum atomic E-state index is 0.0186. The second-order valence-corrected chi connectivity index (χ2v) is 8.84. The fourth-order valence-electron chi connectivity index (χ4n) is 5.26. The third kappa shape index (κ3) is 3.50. The molecular weight excluding hydrogens is 414 g/mol. The zero-order valence-electron chi connectivity index (χ0n) is 19.5. The molecule has 0 spiro atoms. The van der Waals surface area contributed by atoms with E-state index in [9.17, 15) is 4.79 Å². The van der Waals surface area contributed by atoms with Crippen LogP contribution in [0.4, 0.5) is 5.69 Å². The molecule has 2 aliphatic rings. The molecule has 0 radical (unpaired) electrons. The number of carbonyl (C=O) groups excluding carboxylic acids is 1. The predicted molar refractivity (Wildman–Crippen MR) is 132 cm³/mol. The molecule has 6 heteroatoms. The van der Waals surface area contributed by atoms with Crippen LogP contribution >= 0.6 is 0 Å². The van der Waals surface area contributed by atoms with E-state index in [0.717, 1.165) is 46.4 Å². The number of rotatable bonds is 5. The van der Waals surface area contributed by atoms with Crippen molar-refractivity contribution >= 4 is 28.2 Å².